The number of carbonyl (C=O) groups is 2. The number of carboxylic acid groups (broad SMARTS) is 1. The average Bonchev–Trinajstić information content (AvgIpc) is 3.40. The molecule has 1 saturated heterocycles. The number of aliphatic carboxylic acids is 1. The van der Waals surface area contributed by atoms with E-state index in [2.05, 4.69) is 0 Å². The minimum atomic E-state index is -4.39. The van der Waals surface area contributed by atoms with E-state index in [0.29, 0.717) is 38.0 Å². The van der Waals surface area contributed by atoms with Gasteiger partial charge in [-0.3, -0.25) is 9.59 Å². The summed E-state index contributed by atoms with van der Waals surface area (Å²) in [5.41, 5.74) is -0.0434. The maximum absolute atomic E-state index is 12.8. The second kappa shape index (κ2) is 7.26. The van der Waals surface area contributed by atoms with Crippen molar-refractivity contribution in [3.8, 4) is 0 Å². The zero-order valence-electron chi connectivity index (χ0n) is 14.0. The highest BCUT2D eigenvalue weighted by molar-refractivity contribution is 5.86. The molecule has 2 atom stereocenters. The van der Waals surface area contributed by atoms with Crippen LogP contribution in [0.25, 0.3) is 0 Å². The number of amides is 1. The van der Waals surface area contributed by atoms with Crippen LogP contribution in [0, 0.1) is 5.92 Å². The molecule has 1 saturated carbocycles. The fraction of sp³-hybridized carbons (Fsp3) is 0.556. The molecule has 1 aliphatic heterocycles. The van der Waals surface area contributed by atoms with Crippen LogP contribution >= 0.6 is 0 Å². The number of rotatable bonds is 5. The molecule has 1 aromatic carbocycles. The Labute approximate surface area is 148 Å². The standard InChI is InChI=1S/C18H20F3NO4/c19-18(20,21)12-3-1-11(2-4-12)14-9-15(14)17(25)22(10-16(23)24)13-5-7-26-8-6-13/h1-4,13-15H,5-10H2,(H,23,24)/t14-,15+/m0/s1. The van der Waals surface area contributed by atoms with Crippen molar-refractivity contribution >= 4 is 11.9 Å². The minimum absolute atomic E-state index is 0.152. The highest BCUT2D eigenvalue weighted by Gasteiger charge is 2.47. The van der Waals surface area contributed by atoms with Gasteiger partial charge in [-0.15, -0.1) is 0 Å². The van der Waals surface area contributed by atoms with E-state index in [1.165, 1.54) is 17.0 Å². The topological polar surface area (TPSA) is 66.8 Å². The summed E-state index contributed by atoms with van der Waals surface area (Å²) in [6, 6.07) is 4.67. The van der Waals surface area contributed by atoms with Gasteiger partial charge < -0.3 is 14.7 Å². The largest absolute Gasteiger partial charge is 0.480 e. The van der Waals surface area contributed by atoms with Crippen LogP contribution in [0.1, 0.15) is 36.3 Å². The first-order chi connectivity index (χ1) is 12.3. The van der Waals surface area contributed by atoms with Crippen molar-refractivity contribution < 1.29 is 32.6 Å². The normalized spacial score (nSPS) is 23.5. The van der Waals surface area contributed by atoms with Gasteiger partial charge in [0.2, 0.25) is 5.91 Å². The molecule has 0 aromatic heterocycles. The van der Waals surface area contributed by atoms with Gasteiger partial charge in [0.1, 0.15) is 6.54 Å². The molecule has 1 aliphatic carbocycles. The molecule has 0 spiro atoms. The third-order valence-electron chi connectivity index (χ3n) is 4.99. The number of halogens is 3. The van der Waals surface area contributed by atoms with E-state index in [0.717, 1.165) is 12.1 Å². The van der Waals surface area contributed by atoms with Gasteiger partial charge in [-0.1, -0.05) is 12.1 Å². The van der Waals surface area contributed by atoms with Gasteiger partial charge in [0.15, 0.2) is 0 Å². The molecule has 1 heterocycles. The maximum Gasteiger partial charge on any atom is 0.416 e. The molecule has 1 aromatic rings. The van der Waals surface area contributed by atoms with Crippen molar-refractivity contribution in [2.75, 3.05) is 19.8 Å². The Morgan fingerprint density at radius 1 is 1.15 bits per heavy atom. The molecule has 1 N–H and O–H groups in total. The van der Waals surface area contributed by atoms with Crippen LogP contribution in [-0.2, 0) is 20.5 Å². The predicted molar refractivity (Wildman–Crippen MR) is 85.5 cm³/mol. The lowest BCUT2D eigenvalue weighted by Crippen LogP contribution is -2.46. The van der Waals surface area contributed by atoms with Crippen molar-refractivity contribution in [2.45, 2.75) is 37.4 Å². The van der Waals surface area contributed by atoms with Crippen LogP contribution in [0.5, 0.6) is 0 Å². The molecular weight excluding hydrogens is 351 g/mol. The second-order valence-corrected chi connectivity index (χ2v) is 6.77. The van der Waals surface area contributed by atoms with Crippen molar-refractivity contribution in [3.05, 3.63) is 35.4 Å². The smallest absolute Gasteiger partial charge is 0.416 e. The number of hydrogen-bond acceptors (Lipinski definition) is 3. The Bertz CT molecular complexity index is 668. The Morgan fingerprint density at radius 2 is 1.77 bits per heavy atom. The van der Waals surface area contributed by atoms with Crippen LogP contribution in [0.15, 0.2) is 24.3 Å². The third-order valence-corrected chi connectivity index (χ3v) is 4.99. The molecule has 26 heavy (non-hydrogen) atoms. The Morgan fingerprint density at radius 3 is 2.31 bits per heavy atom. The molecule has 142 valence electrons. The Balaban J connectivity index is 1.68. The molecule has 5 nitrogen and oxygen atoms in total. The monoisotopic (exact) mass is 371 g/mol. The lowest BCUT2D eigenvalue weighted by atomic mass is 10.0. The summed E-state index contributed by atoms with van der Waals surface area (Å²) in [6.45, 7) is 0.613. The van der Waals surface area contributed by atoms with E-state index in [4.69, 9.17) is 9.84 Å². The van der Waals surface area contributed by atoms with Gasteiger partial charge in [0.05, 0.1) is 5.56 Å². The van der Waals surface area contributed by atoms with Crippen LogP contribution in [0.2, 0.25) is 0 Å². The average molecular weight is 371 g/mol. The fourth-order valence-electron chi connectivity index (χ4n) is 3.50. The van der Waals surface area contributed by atoms with Crippen molar-refractivity contribution in [3.63, 3.8) is 0 Å². The zero-order chi connectivity index (χ0) is 18.9. The van der Waals surface area contributed by atoms with Crippen molar-refractivity contribution in [2.24, 2.45) is 5.92 Å². The van der Waals surface area contributed by atoms with Gasteiger partial charge in [-0.05, 0) is 42.9 Å². The Hall–Kier alpha value is -2.09. The van der Waals surface area contributed by atoms with E-state index in [9.17, 15) is 22.8 Å². The van der Waals surface area contributed by atoms with E-state index in [1.807, 2.05) is 0 Å². The number of hydrogen-bond donors (Lipinski definition) is 1. The lowest BCUT2D eigenvalue weighted by molar-refractivity contribution is -0.148. The molecule has 0 bridgehead atoms. The molecule has 3 rings (SSSR count). The van der Waals surface area contributed by atoms with E-state index in [1.54, 1.807) is 0 Å². The van der Waals surface area contributed by atoms with Gasteiger partial charge in [-0.2, -0.15) is 13.2 Å². The quantitative estimate of drug-likeness (QED) is 0.864. The molecule has 2 fully saturated rings. The number of nitrogens with zero attached hydrogens (tertiary/aromatic N) is 1. The molecule has 1 amide bonds. The number of alkyl halides is 3. The SMILES string of the molecule is O=C(O)CN(C(=O)[C@@H]1C[C@H]1c1ccc(C(F)(F)F)cc1)C1CCOCC1. The molecule has 8 heteroatoms. The van der Waals surface area contributed by atoms with Crippen LogP contribution in [0.4, 0.5) is 13.2 Å². The molecular formula is C18H20F3NO4. The first-order valence-corrected chi connectivity index (χ1v) is 8.54. The Kier molecular flexibility index (Phi) is 5.22. The van der Waals surface area contributed by atoms with E-state index < -0.39 is 17.7 Å². The highest BCUT2D eigenvalue weighted by Crippen LogP contribution is 2.49. The minimum Gasteiger partial charge on any atom is -0.480 e. The third kappa shape index (κ3) is 4.17. The van der Waals surface area contributed by atoms with Crippen molar-refractivity contribution in [1.82, 2.24) is 4.90 Å². The zero-order valence-corrected chi connectivity index (χ0v) is 14.0. The van der Waals surface area contributed by atoms with Crippen LogP contribution < -0.4 is 0 Å². The van der Waals surface area contributed by atoms with Crippen LogP contribution in [-0.4, -0.2) is 47.7 Å². The molecule has 0 unspecified atom stereocenters. The summed E-state index contributed by atoms with van der Waals surface area (Å²) in [7, 11) is 0. The first kappa shape index (κ1) is 18.7. The number of carboxylic acids is 1. The van der Waals surface area contributed by atoms with Crippen LogP contribution in [0.3, 0.4) is 0 Å². The van der Waals surface area contributed by atoms with Gasteiger partial charge in [0, 0.05) is 25.2 Å². The van der Waals surface area contributed by atoms with Crippen molar-refractivity contribution in [1.29, 1.82) is 0 Å². The number of ether oxygens (including phenoxy) is 1. The van der Waals surface area contributed by atoms with E-state index in [-0.39, 0.29) is 30.3 Å². The number of benzene rings is 1. The predicted octanol–water partition coefficient (Wildman–Crippen LogP) is 2.90. The van der Waals surface area contributed by atoms with Gasteiger partial charge in [0.25, 0.3) is 0 Å². The summed E-state index contributed by atoms with van der Waals surface area (Å²) >= 11 is 0. The first-order valence-electron chi connectivity index (χ1n) is 8.54. The second-order valence-electron chi connectivity index (χ2n) is 6.77. The summed E-state index contributed by atoms with van der Waals surface area (Å²) in [6.07, 6.45) is -2.67. The summed E-state index contributed by atoms with van der Waals surface area (Å²) < 4.78 is 43.2. The maximum atomic E-state index is 12.8. The summed E-state index contributed by atoms with van der Waals surface area (Å²) in [5, 5.41) is 9.12. The summed E-state index contributed by atoms with van der Waals surface area (Å²) in [4.78, 5) is 25.3. The van der Waals surface area contributed by atoms with Gasteiger partial charge >= 0.3 is 12.1 Å². The van der Waals surface area contributed by atoms with E-state index >= 15 is 0 Å². The lowest BCUT2D eigenvalue weighted by Gasteiger charge is -2.33. The molecule has 0 radical (unpaired) electrons. The fourth-order valence-corrected chi connectivity index (χ4v) is 3.50. The number of carbonyl (C=O) groups excluding carboxylic acids is 1. The molecule has 2 aliphatic rings. The highest BCUT2D eigenvalue weighted by atomic mass is 19.4. The summed E-state index contributed by atoms with van der Waals surface area (Å²) in [5.74, 6) is -1.82. The van der Waals surface area contributed by atoms with Gasteiger partial charge in [-0.25, -0.2) is 0 Å².